The van der Waals surface area contributed by atoms with E-state index in [-0.39, 0.29) is 12.1 Å². The molecule has 0 atom stereocenters. The molecule has 140 valence electrons. The zero-order valence-corrected chi connectivity index (χ0v) is 15.7. The van der Waals surface area contributed by atoms with E-state index in [2.05, 4.69) is 9.97 Å². The van der Waals surface area contributed by atoms with Gasteiger partial charge < -0.3 is 0 Å². The zero-order valence-electron chi connectivity index (χ0n) is 14.9. The Balaban J connectivity index is 1.79. The second-order valence-electron chi connectivity index (χ2n) is 6.34. The Kier molecular flexibility index (Phi) is 4.83. The highest BCUT2D eigenvalue weighted by Gasteiger charge is 2.24. The maximum absolute atomic E-state index is 14.3. The van der Waals surface area contributed by atoms with Gasteiger partial charge in [-0.3, -0.25) is 14.7 Å². The quantitative estimate of drug-likeness (QED) is 0.482. The fourth-order valence-electron chi connectivity index (χ4n) is 2.84. The molecule has 1 amide bonds. The van der Waals surface area contributed by atoms with Crippen LogP contribution in [0.4, 0.5) is 13.9 Å². The average Bonchev–Trinajstić information content (AvgIpc) is 3.09. The number of aryl methyl sites for hydroxylation is 1. The highest BCUT2D eigenvalue weighted by molar-refractivity contribution is 7.22. The van der Waals surface area contributed by atoms with Crippen LogP contribution in [0, 0.1) is 18.6 Å². The van der Waals surface area contributed by atoms with Gasteiger partial charge in [0.2, 0.25) is 0 Å². The summed E-state index contributed by atoms with van der Waals surface area (Å²) < 4.78 is 28.5. The summed E-state index contributed by atoms with van der Waals surface area (Å²) >= 11 is 1.35. The van der Waals surface area contributed by atoms with E-state index >= 15 is 0 Å². The number of nitrogens with zero attached hydrogens (tertiary/aromatic N) is 3. The molecule has 0 N–H and O–H groups in total. The van der Waals surface area contributed by atoms with Crippen molar-refractivity contribution in [2.75, 3.05) is 4.90 Å². The molecule has 0 aliphatic heterocycles. The molecule has 28 heavy (non-hydrogen) atoms. The Morgan fingerprint density at radius 3 is 2.75 bits per heavy atom. The predicted octanol–water partition coefficient (Wildman–Crippen LogP) is 5.12. The minimum Gasteiger partial charge on any atom is -0.279 e. The van der Waals surface area contributed by atoms with Gasteiger partial charge in [-0.25, -0.2) is 13.8 Å². The number of carbonyl (C=O) groups excluding carboxylic acids is 1. The Morgan fingerprint density at radius 1 is 1.14 bits per heavy atom. The van der Waals surface area contributed by atoms with E-state index < -0.39 is 17.5 Å². The number of amides is 1. The van der Waals surface area contributed by atoms with Crippen molar-refractivity contribution < 1.29 is 13.6 Å². The number of hydrogen-bond acceptors (Lipinski definition) is 4. The second-order valence-corrected chi connectivity index (χ2v) is 7.35. The Hall–Kier alpha value is -3.19. The minimum atomic E-state index is -0.904. The molecule has 0 saturated carbocycles. The van der Waals surface area contributed by atoms with E-state index in [1.807, 2.05) is 31.2 Å². The molecular formula is C21H15F2N3OS. The fourth-order valence-corrected chi connectivity index (χ4v) is 3.91. The third-order valence-corrected chi connectivity index (χ3v) is 5.27. The summed E-state index contributed by atoms with van der Waals surface area (Å²) in [7, 11) is 0. The summed E-state index contributed by atoms with van der Waals surface area (Å²) in [5.41, 5.74) is 2.40. The molecule has 0 fully saturated rings. The highest BCUT2D eigenvalue weighted by atomic mass is 32.1. The minimum absolute atomic E-state index is 0.169. The highest BCUT2D eigenvalue weighted by Crippen LogP contribution is 2.31. The summed E-state index contributed by atoms with van der Waals surface area (Å²) in [5, 5.41) is 0.443. The van der Waals surface area contributed by atoms with Gasteiger partial charge in [-0.1, -0.05) is 23.5 Å². The van der Waals surface area contributed by atoms with Crippen LogP contribution in [-0.4, -0.2) is 15.9 Å². The molecule has 0 aliphatic carbocycles. The number of benzene rings is 2. The van der Waals surface area contributed by atoms with E-state index in [9.17, 15) is 13.6 Å². The van der Waals surface area contributed by atoms with Gasteiger partial charge in [-0.2, -0.15) is 0 Å². The lowest BCUT2D eigenvalue weighted by molar-refractivity contribution is 0.0981. The van der Waals surface area contributed by atoms with Crippen molar-refractivity contribution in [3.8, 4) is 0 Å². The molecule has 2 aromatic heterocycles. The number of halogens is 2. The number of fused-ring (bicyclic) bond motifs is 1. The smallest absolute Gasteiger partial charge is 0.263 e. The van der Waals surface area contributed by atoms with Crippen molar-refractivity contribution in [2.24, 2.45) is 0 Å². The molecule has 0 spiro atoms. The van der Waals surface area contributed by atoms with Crippen molar-refractivity contribution in [1.82, 2.24) is 9.97 Å². The average molecular weight is 395 g/mol. The normalized spacial score (nSPS) is 11.0. The maximum Gasteiger partial charge on any atom is 0.263 e. The maximum atomic E-state index is 14.3. The lowest BCUT2D eigenvalue weighted by Gasteiger charge is -2.20. The number of thiazole rings is 1. The third-order valence-electron chi connectivity index (χ3n) is 4.23. The number of rotatable bonds is 4. The largest absolute Gasteiger partial charge is 0.279 e. The summed E-state index contributed by atoms with van der Waals surface area (Å²) in [6.45, 7) is 2.15. The van der Waals surface area contributed by atoms with Gasteiger partial charge in [-0.15, -0.1) is 0 Å². The number of hydrogen-bond donors (Lipinski definition) is 0. The van der Waals surface area contributed by atoms with Crippen molar-refractivity contribution >= 4 is 32.6 Å². The molecule has 2 aromatic carbocycles. The van der Waals surface area contributed by atoms with Crippen LogP contribution in [0.5, 0.6) is 0 Å². The van der Waals surface area contributed by atoms with Gasteiger partial charge >= 0.3 is 0 Å². The fraction of sp³-hybridized carbons (Fsp3) is 0.0952. The van der Waals surface area contributed by atoms with Crippen LogP contribution in [0.1, 0.15) is 21.5 Å². The van der Waals surface area contributed by atoms with E-state index in [0.29, 0.717) is 11.2 Å². The van der Waals surface area contributed by atoms with E-state index in [1.54, 1.807) is 18.5 Å². The molecule has 7 heteroatoms. The summed E-state index contributed by atoms with van der Waals surface area (Å²) in [5.74, 6) is -2.22. The predicted molar refractivity (Wildman–Crippen MR) is 105 cm³/mol. The van der Waals surface area contributed by atoms with Crippen molar-refractivity contribution in [1.29, 1.82) is 0 Å². The molecule has 4 nitrogen and oxygen atoms in total. The van der Waals surface area contributed by atoms with E-state index in [4.69, 9.17) is 0 Å². The van der Waals surface area contributed by atoms with Crippen molar-refractivity contribution in [3.63, 3.8) is 0 Å². The first-order valence-electron chi connectivity index (χ1n) is 8.54. The topological polar surface area (TPSA) is 46.1 Å². The molecule has 0 radical (unpaired) electrons. The molecule has 2 heterocycles. The molecule has 0 aliphatic rings. The van der Waals surface area contributed by atoms with Gasteiger partial charge in [0, 0.05) is 18.5 Å². The zero-order chi connectivity index (χ0) is 19.7. The lowest BCUT2D eigenvalue weighted by atomic mass is 10.1. The first kappa shape index (κ1) is 18.2. The number of pyridine rings is 1. The van der Waals surface area contributed by atoms with Crippen molar-refractivity contribution in [3.05, 3.63) is 89.2 Å². The molecule has 4 rings (SSSR count). The van der Waals surface area contributed by atoms with Crippen LogP contribution < -0.4 is 4.90 Å². The van der Waals surface area contributed by atoms with Gasteiger partial charge in [0.05, 0.1) is 22.3 Å². The molecule has 0 saturated heterocycles. The monoisotopic (exact) mass is 395 g/mol. The van der Waals surface area contributed by atoms with Gasteiger partial charge in [-0.05, 0) is 48.4 Å². The summed E-state index contributed by atoms with van der Waals surface area (Å²) in [6, 6.07) is 12.3. The van der Waals surface area contributed by atoms with Gasteiger partial charge in [0.1, 0.15) is 11.6 Å². The van der Waals surface area contributed by atoms with Crippen LogP contribution in [0.2, 0.25) is 0 Å². The Morgan fingerprint density at radius 2 is 2.00 bits per heavy atom. The van der Waals surface area contributed by atoms with Crippen LogP contribution in [0.15, 0.2) is 60.9 Å². The summed E-state index contributed by atoms with van der Waals surface area (Å²) in [4.78, 5) is 23.2. The van der Waals surface area contributed by atoms with Crippen molar-refractivity contribution in [2.45, 2.75) is 13.5 Å². The second kappa shape index (κ2) is 7.44. The van der Waals surface area contributed by atoms with Gasteiger partial charge in [0.15, 0.2) is 5.13 Å². The lowest BCUT2D eigenvalue weighted by Crippen LogP contribution is -2.31. The first-order valence-corrected chi connectivity index (χ1v) is 9.36. The van der Waals surface area contributed by atoms with Crippen LogP contribution in [-0.2, 0) is 6.54 Å². The van der Waals surface area contributed by atoms with Crippen LogP contribution in [0.25, 0.3) is 10.2 Å². The van der Waals surface area contributed by atoms with Crippen LogP contribution >= 0.6 is 11.3 Å². The molecule has 4 aromatic rings. The third kappa shape index (κ3) is 3.61. The number of aromatic nitrogens is 2. The Bertz CT molecular complexity index is 1160. The SMILES string of the molecule is Cc1ccc2nc(N(Cc3cccnc3)C(=O)c3ccc(F)cc3F)sc2c1. The van der Waals surface area contributed by atoms with E-state index in [1.165, 1.54) is 16.2 Å². The number of carbonyl (C=O) groups is 1. The molecular weight excluding hydrogens is 380 g/mol. The van der Waals surface area contributed by atoms with Crippen LogP contribution in [0.3, 0.4) is 0 Å². The Labute approximate surface area is 164 Å². The summed E-state index contributed by atoms with van der Waals surface area (Å²) in [6.07, 6.45) is 3.27. The standard InChI is InChI=1S/C21H15F2N3OS/c1-13-4-7-18-19(9-13)28-21(25-18)26(12-14-3-2-8-24-11-14)20(27)16-6-5-15(22)10-17(16)23/h2-11H,12H2,1H3. The first-order chi connectivity index (χ1) is 13.5. The molecule has 0 bridgehead atoms. The van der Waals surface area contributed by atoms with Gasteiger partial charge in [0.25, 0.3) is 5.91 Å². The molecule has 0 unspecified atom stereocenters. The number of anilines is 1. The van der Waals surface area contributed by atoms with E-state index in [0.717, 1.165) is 33.5 Å².